The second kappa shape index (κ2) is 11.4. The number of nitrogens with one attached hydrogen (secondary N) is 2. The van der Waals surface area contributed by atoms with Crippen LogP contribution in [0.15, 0.2) is 42.5 Å². The standard InChI is InChI=1S/C26H30ClN3O6/c1-26(2,3)36-24(33)17-7-5-16(6-8-17)13-29-25(34)30-15-22(31)28-14-19(23(30)32)11-18-12-20(27)9-10-21(18)35-4/h5-10,12,19H,11,13-15H2,1-4H3,(H,28,31)(H,29,34)/t19-/m1/s1. The Kier molecular flexibility index (Phi) is 8.57. The fraction of sp³-hybridized carbons (Fsp3) is 0.385. The maximum atomic E-state index is 13.2. The van der Waals surface area contributed by atoms with Gasteiger partial charge in [-0.15, -0.1) is 0 Å². The van der Waals surface area contributed by atoms with Crippen LogP contribution in [0.25, 0.3) is 0 Å². The van der Waals surface area contributed by atoms with Gasteiger partial charge in [0, 0.05) is 18.1 Å². The van der Waals surface area contributed by atoms with E-state index in [1.807, 2.05) is 0 Å². The van der Waals surface area contributed by atoms with Gasteiger partial charge in [0.15, 0.2) is 0 Å². The van der Waals surface area contributed by atoms with Crippen LogP contribution in [-0.4, -0.2) is 54.5 Å². The van der Waals surface area contributed by atoms with Gasteiger partial charge in [-0.3, -0.25) is 14.5 Å². The Balaban J connectivity index is 1.66. The van der Waals surface area contributed by atoms with Crippen molar-refractivity contribution in [2.24, 2.45) is 5.92 Å². The van der Waals surface area contributed by atoms with Crippen LogP contribution in [0.1, 0.15) is 42.3 Å². The average Bonchev–Trinajstić information content (AvgIpc) is 2.95. The molecule has 1 saturated heterocycles. The molecule has 4 amide bonds. The number of hydrogen-bond acceptors (Lipinski definition) is 6. The molecule has 1 aliphatic heterocycles. The van der Waals surface area contributed by atoms with Gasteiger partial charge in [0.2, 0.25) is 11.8 Å². The number of ether oxygens (including phenoxy) is 2. The number of nitrogens with zero attached hydrogens (tertiary/aromatic N) is 1. The Bertz CT molecular complexity index is 1140. The van der Waals surface area contributed by atoms with Gasteiger partial charge in [-0.25, -0.2) is 9.59 Å². The number of imide groups is 1. The van der Waals surface area contributed by atoms with E-state index in [1.165, 1.54) is 7.11 Å². The molecule has 0 bridgehead atoms. The van der Waals surface area contributed by atoms with Crippen LogP contribution in [-0.2, 0) is 27.3 Å². The molecule has 1 aliphatic rings. The van der Waals surface area contributed by atoms with Crippen molar-refractivity contribution in [2.45, 2.75) is 39.3 Å². The van der Waals surface area contributed by atoms with Gasteiger partial charge in [0.1, 0.15) is 17.9 Å². The van der Waals surface area contributed by atoms with Gasteiger partial charge in [0.05, 0.1) is 18.6 Å². The molecule has 2 aromatic carbocycles. The van der Waals surface area contributed by atoms with Crippen LogP contribution >= 0.6 is 11.6 Å². The van der Waals surface area contributed by atoms with Crippen LogP contribution in [0, 0.1) is 5.92 Å². The van der Waals surface area contributed by atoms with Crippen molar-refractivity contribution < 1.29 is 28.7 Å². The van der Waals surface area contributed by atoms with E-state index in [9.17, 15) is 19.2 Å². The van der Waals surface area contributed by atoms with E-state index in [1.54, 1.807) is 63.2 Å². The molecule has 1 fully saturated rings. The Hall–Kier alpha value is -3.59. The van der Waals surface area contributed by atoms with Gasteiger partial charge in [-0.05, 0) is 68.7 Å². The van der Waals surface area contributed by atoms with Crippen molar-refractivity contribution in [1.82, 2.24) is 15.5 Å². The maximum absolute atomic E-state index is 13.2. The number of amides is 4. The largest absolute Gasteiger partial charge is 0.496 e. The highest BCUT2D eigenvalue weighted by Crippen LogP contribution is 2.26. The Labute approximate surface area is 215 Å². The predicted molar refractivity (Wildman–Crippen MR) is 134 cm³/mol. The normalized spacial score (nSPS) is 16.1. The first-order valence-electron chi connectivity index (χ1n) is 11.5. The van der Waals surface area contributed by atoms with Gasteiger partial charge in [0.25, 0.3) is 0 Å². The first-order chi connectivity index (χ1) is 17.0. The van der Waals surface area contributed by atoms with Crippen molar-refractivity contribution in [3.8, 4) is 5.75 Å². The lowest BCUT2D eigenvalue weighted by Crippen LogP contribution is -2.47. The molecule has 3 rings (SSSR count). The zero-order valence-corrected chi connectivity index (χ0v) is 21.5. The molecule has 0 radical (unpaired) electrons. The topological polar surface area (TPSA) is 114 Å². The van der Waals surface area contributed by atoms with Crippen LogP contribution in [0.5, 0.6) is 5.75 Å². The summed E-state index contributed by atoms with van der Waals surface area (Å²) in [4.78, 5) is 51.4. The number of carbonyl (C=O) groups excluding carboxylic acids is 4. The third kappa shape index (κ3) is 7.21. The molecule has 0 unspecified atom stereocenters. The summed E-state index contributed by atoms with van der Waals surface area (Å²) in [6, 6.07) is 11.0. The molecule has 2 aromatic rings. The first kappa shape index (κ1) is 27.0. The summed E-state index contributed by atoms with van der Waals surface area (Å²) >= 11 is 6.11. The average molecular weight is 516 g/mol. The zero-order chi connectivity index (χ0) is 26.5. The molecule has 192 valence electrons. The fourth-order valence-corrected chi connectivity index (χ4v) is 3.89. The number of halogens is 1. The second-order valence-corrected chi connectivity index (χ2v) is 9.88. The number of urea groups is 1. The number of rotatable bonds is 6. The molecule has 0 aromatic heterocycles. The fourth-order valence-electron chi connectivity index (χ4n) is 3.69. The van der Waals surface area contributed by atoms with Crippen molar-refractivity contribution in [2.75, 3.05) is 20.2 Å². The molecule has 36 heavy (non-hydrogen) atoms. The molecule has 0 spiro atoms. The van der Waals surface area contributed by atoms with Crippen LogP contribution in [0.3, 0.4) is 0 Å². The van der Waals surface area contributed by atoms with Crippen LogP contribution in [0.2, 0.25) is 5.02 Å². The molecule has 10 heteroatoms. The highest BCUT2D eigenvalue weighted by atomic mass is 35.5. The summed E-state index contributed by atoms with van der Waals surface area (Å²) in [7, 11) is 1.52. The molecule has 1 heterocycles. The summed E-state index contributed by atoms with van der Waals surface area (Å²) in [6.07, 6.45) is 0.235. The van der Waals surface area contributed by atoms with E-state index in [0.717, 1.165) is 4.90 Å². The van der Waals surface area contributed by atoms with Crippen molar-refractivity contribution in [1.29, 1.82) is 0 Å². The minimum Gasteiger partial charge on any atom is -0.496 e. The lowest BCUT2D eigenvalue weighted by atomic mass is 9.97. The van der Waals surface area contributed by atoms with E-state index in [4.69, 9.17) is 21.1 Å². The van der Waals surface area contributed by atoms with Gasteiger partial charge in [-0.2, -0.15) is 0 Å². The van der Waals surface area contributed by atoms with Crippen molar-refractivity contribution in [3.05, 3.63) is 64.2 Å². The minimum absolute atomic E-state index is 0.0865. The van der Waals surface area contributed by atoms with Gasteiger partial charge < -0.3 is 20.1 Å². The highest BCUT2D eigenvalue weighted by Gasteiger charge is 2.34. The van der Waals surface area contributed by atoms with Crippen molar-refractivity contribution in [3.63, 3.8) is 0 Å². The molecule has 9 nitrogen and oxygen atoms in total. The van der Waals surface area contributed by atoms with Gasteiger partial charge >= 0.3 is 12.0 Å². The van der Waals surface area contributed by atoms with E-state index < -0.39 is 35.3 Å². The van der Waals surface area contributed by atoms with E-state index in [-0.39, 0.29) is 26.1 Å². The Morgan fingerprint density at radius 1 is 1.14 bits per heavy atom. The first-order valence-corrected chi connectivity index (χ1v) is 11.8. The number of carbonyl (C=O) groups is 4. The monoisotopic (exact) mass is 515 g/mol. The summed E-state index contributed by atoms with van der Waals surface area (Å²) in [6.45, 7) is 5.17. The zero-order valence-electron chi connectivity index (χ0n) is 20.7. The number of esters is 1. The lowest BCUT2D eigenvalue weighted by molar-refractivity contribution is -0.133. The van der Waals surface area contributed by atoms with E-state index >= 15 is 0 Å². The second-order valence-electron chi connectivity index (χ2n) is 9.44. The third-order valence-corrected chi connectivity index (χ3v) is 5.68. The number of methoxy groups -OCH3 is 1. The smallest absolute Gasteiger partial charge is 0.338 e. The third-order valence-electron chi connectivity index (χ3n) is 5.45. The molecular formula is C26H30ClN3O6. The van der Waals surface area contributed by atoms with Crippen LogP contribution < -0.4 is 15.4 Å². The summed E-state index contributed by atoms with van der Waals surface area (Å²) in [5, 5.41) is 5.85. The molecule has 2 N–H and O–H groups in total. The van der Waals surface area contributed by atoms with Gasteiger partial charge in [-0.1, -0.05) is 23.7 Å². The molecule has 1 atom stereocenters. The molecular weight excluding hydrogens is 486 g/mol. The number of benzene rings is 2. The Morgan fingerprint density at radius 3 is 2.47 bits per heavy atom. The summed E-state index contributed by atoms with van der Waals surface area (Å²) in [5.41, 5.74) is 1.19. The molecule has 0 aliphatic carbocycles. The maximum Gasteiger partial charge on any atom is 0.338 e. The van der Waals surface area contributed by atoms with E-state index in [2.05, 4.69) is 10.6 Å². The highest BCUT2D eigenvalue weighted by molar-refractivity contribution is 6.30. The summed E-state index contributed by atoms with van der Waals surface area (Å²) < 4.78 is 10.7. The molecule has 0 saturated carbocycles. The summed E-state index contributed by atoms with van der Waals surface area (Å²) in [5.74, 6) is -1.47. The predicted octanol–water partition coefficient (Wildman–Crippen LogP) is 3.33. The number of hydrogen-bond donors (Lipinski definition) is 2. The van der Waals surface area contributed by atoms with E-state index in [0.29, 0.717) is 27.5 Å². The minimum atomic E-state index is -0.684. The Morgan fingerprint density at radius 2 is 1.83 bits per heavy atom. The van der Waals surface area contributed by atoms with Crippen molar-refractivity contribution >= 4 is 35.4 Å². The van der Waals surface area contributed by atoms with Crippen LogP contribution in [0.4, 0.5) is 4.79 Å². The quantitative estimate of drug-likeness (QED) is 0.570. The lowest BCUT2D eigenvalue weighted by Gasteiger charge is -2.22. The SMILES string of the molecule is COc1ccc(Cl)cc1C[C@@H]1CNC(=O)CN(C(=O)NCc2ccc(C(=O)OC(C)(C)C)cc2)C1=O.